The Bertz CT molecular complexity index is 498. The highest BCUT2D eigenvalue weighted by Gasteiger charge is 2.21. The second-order valence-corrected chi connectivity index (χ2v) is 5.70. The Morgan fingerprint density at radius 2 is 2.37 bits per heavy atom. The number of aliphatic hydroxyl groups is 1. The number of carbonyl (C=O) groups is 1. The molecule has 1 aromatic carbocycles. The monoisotopic (exact) mass is 275 g/mol. The molecule has 1 unspecified atom stereocenters. The largest absolute Gasteiger partial charge is 0.384 e. The van der Waals surface area contributed by atoms with Crippen LogP contribution in [0.25, 0.3) is 0 Å². The van der Waals surface area contributed by atoms with Crippen molar-refractivity contribution < 1.29 is 9.90 Å². The molecule has 0 spiro atoms. The normalized spacial score (nSPS) is 18.3. The molecule has 1 aliphatic rings. The predicted molar refractivity (Wildman–Crippen MR) is 79.1 cm³/mol. The lowest BCUT2D eigenvalue weighted by Crippen LogP contribution is -2.27. The van der Waals surface area contributed by atoms with Crippen LogP contribution in [0.1, 0.15) is 24.8 Å². The Morgan fingerprint density at radius 3 is 3.11 bits per heavy atom. The van der Waals surface area contributed by atoms with E-state index in [1.807, 2.05) is 24.3 Å². The topological polar surface area (TPSA) is 49.3 Å². The number of nitrogens with one attached hydrogen (secondary N) is 1. The van der Waals surface area contributed by atoms with E-state index < -0.39 is 0 Å². The quantitative estimate of drug-likeness (QED) is 0.814. The third kappa shape index (κ3) is 4.30. The fourth-order valence-corrected chi connectivity index (χ4v) is 3.19. The number of thioether (sulfide) groups is 1. The van der Waals surface area contributed by atoms with E-state index >= 15 is 0 Å². The minimum atomic E-state index is -0.157. The molecule has 1 aliphatic heterocycles. The third-order valence-corrected chi connectivity index (χ3v) is 4.29. The zero-order valence-electron chi connectivity index (χ0n) is 10.7. The van der Waals surface area contributed by atoms with Crippen LogP contribution in [0.2, 0.25) is 0 Å². The minimum Gasteiger partial charge on any atom is -0.384 e. The molecule has 0 bridgehead atoms. The average Bonchev–Trinajstić information content (AvgIpc) is 2.46. The molecule has 0 aliphatic carbocycles. The molecule has 19 heavy (non-hydrogen) atoms. The zero-order valence-corrected chi connectivity index (χ0v) is 11.5. The van der Waals surface area contributed by atoms with Gasteiger partial charge in [0.2, 0.25) is 5.91 Å². The van der Waals surface area contributed by atoms with Crippen LogP contribution in [0.4, 0.5) is 5.69 Å². The first kappa shape index (κ1) is 14.0. The van der Waals surface area contributed by atoms with Gasteiger partial charge < -0.3 is 10.4 Å². The minimum absolute atomic E-state index is 0.0703. The van der Waals surface area contributed by atoms with Gasteiger partial charge in [-0.1, -0.05) is 24.3 Å². The van der Waals surface area contributed by atoms with Crippen LogP contribution < -0.4 is 5.32 Å². The molecule has 100 valence electrons. The van der Waals surface area contributed by atoms with Gasteiger partial charge in [0, 0.05) is 11.3 Å². The second kappa shape index (κ2) is 7.22. The molecule has 1 fully saturated rings. The molecular weight excluding hydrogens is 258 g/mol. The average molecular weight is 275 g/mol. The Morgan fingerprint density at radius 1 is 1.47 bits per heavy atom. The number of rotatable bonds is 2. The highest BCUT2D eigenvalue weighted by atomic mass is 32.2. The number of carbonyl (C=O) groups excluding carboxylic acids is 1. The SMILES string of the molecule is O=C(Nc1cccc(C#CCO)c1)C1CCCCS1. The maximum absolute atomic E-state index is 12.1. The van der Waals surface area contributed by atoms with E-state index in [1.165, 1.54) is 6.42 Å². The van der Waals surface area contributed by atoms with Crippen molar-refractivity contribution in [3.05, 3.63) is 29.8 Å². The number of hydrogen-bond donors (Lipinski definition) is 2. The molecule has 1 heterocycles. The van der Waals surface area contributed by atoms with Gasteiger partial charge in [0.25, 0.3) is 0 Å². The summed E-state index contributed by atoms with van der Waals surface area (Å²) in [5.74, 6) is 6.58. The molecule has 1 amide bonds. The lowest BCUT2D eigenvalue weighted by Gasteiger charge is -2.20. The van der Waals surface area contributed by atoms with Crippen LogP contribution in [-0.2, 0) is 4.79 Å². The number of amides is 1. The Kier molecular flexibility index (Phi) is 5.31. The van der Waals surface area contributed by atoms with Gasteiger partial charge >= 0.3 is 0 Å². The zero-order chi connectivity index (χ0) is 13.5. The molecule has 1 atom stereocenters. The van der Waals surface area contributed by atoms with Crippen molar-refractivity contribution in [1.82, 2.24) is 0 Å². The number of benzene rings is 1. The van der Waals surface area contributed by atoms with E-state index in [9.17, 15) is 4.79 Å². The molecule has 4 heteroatoms. The molecule has 3 nitrogen and oxygen atoms in total. The van der Waals surface area contributed by atoms with Crippen molar-refractivity contribution in [2.75, 3.05) is 17.7 Å². The molecule has 1 aromatic rings. The molecule has 2 rings (SSSR count). The van der Waals surface area contributed by atoms with Gasteiger partial charge in [0.15, 0.2) is 0 Å². The van der Waals surface area contributed by atoms with E-state index in [0.29, 0.717) is 0 Å². The van der Waals surface area contributed by atoms with Crippen molar-refractivity contribution in [2.24, 2.45) is 0 Å². The summed E-state index contributed by atoms with van der Waals surface area (Å²) in [6.45, 7) is -0.157. The van der Waals surface area contributed by atoms with Gasteiger partial charge in [-0.05, 0) is 36.8 Å². The number of hydrogen-bond acceptors (Lipinski definition) is 3. The Labute approximate surface area is 117 Å². The third-order valence-electron chi connectivity index (χ3n) is 2.91. The Hall–Kier alpha value is -1.44. The van der Waals surface area contributed by atoms with Gasteiger partial charge in [-0.15, -0.1) is 11.8 Å². The van der Waals surface area contributed by atoms with Crippen molar-refractivity contribution in [3.8, 4) is 11.8 Å². The van der Waals surface area contributed by atoms with Crippen LogP contribution in [-0.4, -0.2) is 28.6 Å². The molecule has 1 saturated heterocycles. The van der Waals surface area contributed by atoms with Crippen LogP contribution in [0, 0.1) is 11.8 Å². The highest BCUT2D eigenvalue weighted by Crippen LogP contribution is 2.26. The van der Waals surface area contributed by atoms with Crippen molar-refractivity contribution >= 4 is 23.4 Å². The highest BCUT2D eigenvalue weighted by molar-refractivity contribution is 8.00. The van der Waals surface area contributed by atoms with Gasteiger partial charge in [0.1, 0.15) is 6.61 Å². The summed E-state index contributed by atoms with van der Waals surface area (Å²) in [7, 11) is 0. The fraction of sp³-hybridized carbons (Fsp3) is 0.400. The van der Waals surface area contributed by atoms with Crippen molar-refractivity contribution in [2.45, 2.75) is 24.5 Å². The van der Waals surface area contributed by atoms with Crippen LogP contribution >= 0.6 is 11.8 Å². The summed E-state index contributed by atoms with van der Waals surface area (Å²) in [4.78, 5) is 12.1. The summed E-state index contributed by atoms with van der Waals surface area (Å²) < 4.78 is 0. The van der Waals surface area contributed by atoms with Gasteiger partial charge in [-0.2, -0.15) is 0 Å². The standard InChI is InChI=1S/C15H17NO2S/c17-9-4-6-12-5-3-7-13(11-12)16-15(18)14-8-1-2-10-19-14/h3,5,7,11,14,17H,1-2,8-10H2,(H,16,18). The summed E-state index contributed by atoms with van der Waals surface area (Å²) >= 11 is 1.74. The first-order valence-electron chi connectivity index (χ1n) is 6.42. The van der Waals surface area contributed by atoms with E-state index in [4.69, 9.17) is 5.11 Å². The summed E-state index contributed by atoms with van der Waals surface area (Å²) in [5.41, 5.74) is 1.56. The molecule has 0 saturated carbocycles. The molecule has 0 radical (unpaired) electrons. The summed E-state index contributed by atoms with van der Waals surface area (Å²) in [6.07, 6.45) is 3.30. The summed E-state index contributed by atoms with van der Waals surface area (Å²) in [5, 5.41) is 11.7. The van der Waals surface area contributed by atoms with Gasteiger partial charge in [-0.3, -0.25) is 4.79 Å². The lowest BCUT2D eigenvalue weighted by atomic mass is 10.1. The number of aliphatic hydroxyl groups excluding tert-OH is 1. The predicted octanol–water partition coefficient (Wildman–Crippen LogP) is 2.25. The first-order chi connectivity index (χ1) is 9.29. The van der Waals surface area contributed by atoms with Gasteiger partial charge in [0.05, 0.1) is 5.25 Å². The van der Waals surface area contributed by atoms with Crippen LogP contribution in [0.3, 0.4) is 0 Å². The molecule has 0 aromatic heterocycles. The molecular formula is C15H17NO2S. The van der Waals surface area contributed by atoms with E-state index in [0.717, 1.165) is 29.8 Å². The maximum Gasteiger partial charge on any atom is 0.237 e. The number of anilines is 1. The van der Waals surface area contributed by atoms with Crippen LogP contribution in [0.15, 0.2) is 24.3 Å². The molecule has 2 N–H and O–H groups in total. The Balaban J connectivity index is 1.99. The lowest BCUT2D eigenvalue weighted by molar-refractivity contribution is -0.115. The van der Waals surface area contributed by atoms with E-state index in [-0.39, 0.29) is 17.8 Å². The maximum atomic E-state index is 12.1. The van der Waals surface area contributed by atoms with Gasteiger partial charge in [-0.25, -0.2) is 0 Å². The smallest absolute Gasteiger partial charge is 0.237 e. The van der Waals surface area contributed by atoms with E-state index in [1.54, 1.807) is 11.8 Å². The first-order valence-corrected chi connectivity index (χ1v) is 7.47. The fourth-order valence-electron chi connectivity index (χ4n) is 1.99. The van der Waals surface area contributed by atoms with Crippen LogP contribution in [0.5, 0.6) is 0 Å². The second-order valence-electron chi connectivity index (χ2n) is 4.39. The van der Waals surface area contributed by atoms with E-state index in [2.05, 4.69) is 17.2 Å². The van der Waals surface area contributed by atoms with Crippen molar-refractivity contribution in [3.63, 3.8) is 0 Å². The summed E-state index contributed by atoms with van der Waals surface area (Å²) in [6, 6.07) is 7.39. The van der Waals surface area contributed by atoms with Crippen molar-refractivity contribution in [1.29, 1.82) is 0 Å².